The second-order valence-corrected chi connectivity index (χ2v) is 6.64. The molecule has 0 spiro atoms. The Kier molecular flexibility index (Phi) is 5.35. The normalized spacial score (nSPS) is 14.8. The molecule has 126 valence electrons. The monoisotopic (exact) mass is 348 g/mol. The minimum atomic E-state index is -0.275. The highest BCUT2D eigenvalue weighted by Crippen LogP contribution is 2.20. The fourth-order valence-electron chi connectivity index (χ4n) is 2.63. The van der Waals surface area contributed by atoms with E-state index in [-0.39, 0.29) is 17.5 Å². The van der Waals surface area contributed by atoms with Gasteiger partial charge in [0.05, 0.1) is 5.75 Å². The number of anilines is 1. The Hall–Kier alpha value is -2.08. The van der Waals surface area contributed by atoms with Crippen LogP contribution in [-0.4, -0.2) is 42.7 Å². The Morgan fingerprint density at radius 3 is 2.00 bits per heavy atom. The van der Waals surface area contributed by atoms with E-state index in [0.717, 1.165) is 23.7 Å². The molecule has 0 aliphatic carbocycles. The Morgan fingerprint density at radius 1 is 0.875 bits per heavy atom. The van der Waals surface area contributed by atoms with Gasteiger partial charge in [0.1, 0.15) is 11.6 Å². The van der Waals surface area contributed by atoms with E-state index in [4.69, 9.17) is 0 Å². The van der Waals surface area contributed by atoms with Crippen molar-refractivity contribution < 1.29 is 13.6 Å². The number of thioether (sulfide) groups is 1. The fraction of sp³-hybridized carbons (Fsp3) is 0.278. The summed E-state index contributed by atoms with van der Waals surface area (Å²) < 4.78 is 25.8. The molecule has 1 heterocycles. The third-order valence-electron chi connectivity index (χ3n) is 4.00. The second kappa shape index (κ2) is 7.66. The van der Waals surface area contributed by atoms with Crippen molar-refractivity contribution in [2.45, 2.75) is 4.90 Å². The van der Waals surface area contributed by atoms with Crippen molar-refractivity contribution >= 4 is 23.4 Å². The molecule has 0 atom stereocenters. The summed E-state index contributed by atoms with van der Waals surface area (Å²) in [6.45, 7) is 2.78. The first-order valence-electron chi connectivity index (χ1n) is 7.78. The van der Waals surface area contributed by atoms with Crippen LogP contribution in [-0.2, 0) is 4.79 Å². The van der Waals surface area contributed by atoms with E-state index in [9.17, 15) is 13.6 Å². The van der Waals surface area contributed by atoms with Gasteiger partial charge in [-0.2, -0.15) is 0 Å². The van der Waals surface area contributed by atoms with Crippen LogP contribution in [0, 0.1) is 11.6 Å². The number of halogens is 2. The van der Waals surface area contributed by atoms with Crippen molar-refractivity contribution in [1.29, 1.82) is 0 Å². The van der Waals surface area contributed by atoms with Gasteiger partial charge in [-0.25, -0.2) is 8.78 Å². The molecule has 0 aromatic heterocycles. The average molecular weight is 348 g/mol. The summed E-state index contributed by atoms with van der Waals surface area (Å²) in [5, 5.41) is 0. The fourth-order valence-corrected chi connectivity index (χ4v) is 3.43. The third kappa shape index (κ3) is 4.26. The summed E-state index contributed by atoms with van der Waals surface area (Å²) in [5.74, 6) is -0.0848. The molecule has 3 nitrogen and oxygen atoms in total. The van der Waals surface area contributed by atoms with E-state index in [1.54, 1.807) is 24.3 Å². The van der Waals surface area contributed by atoms with Gasteiger partial charge < -0.3 is 9.80 Å². The van der Waals surface area contributed by atoms with Crippen molar-refractivity contribution in [1.82, 2.24) is 4.90 Å². The standard InChI is InChI=1S/C18H18F2N2OS/c19-14-1-5-16(6-2-14)21-9-11-22(12-10-21)18(23)13-24-17-7-3-15(20)4-8-17/h1-8H,9-13H2. The Balaban J connectivity index is 1.48. The Bertz CT molecular complexity index is 683. The number of amides is 1. The van der Waals surface area contributed by atoms with Crippen LogP contribution in [0.25, 0.3) is 0 Å². The molecule has 0 saturated carbocycles. The predicted molar refractivity (Wildman–Crippen MR) is 92.3 cm³/mol. The first-order chi connectivity index (χ1) is 11.6. The Morgan fingerprint density at radius 2 is 1.42 bits per heavy atom. The quantitative estimate of drug-likeness (QED) is 0.791. The van der Waals surface area contributed by atoms with Gasteiger partial charge in [0.25, 0.3) is 0 Å². The maximum atomic E-state index is 13.0. The predicted octanol–water partition coefficient (Wildman–Crippen LogP) is 3.41. The van der Waals surface area contributed by atoms with Crippen LogP contribution in [0.2, 0.25) is 0 Å². The number of benzene rings is 2. The lowest BCUT2D eigenvalue weighted by Gasteiger charge is -2.36. The van der Waals surface area contributed by atoms with Gasteiger partial charge in [0.15, 0.2) is 0 Å². The number of rotatable bonds is 4. The van der Waals surface area contributed by atoms with Crippen LogP contribution in [0.1, 0.15) is 0 Å². The summed E-state index contributed by atoms with van der Waals surface area (Å²) in [7, 11) is 0. The van der Waals surface area contributed by atoms with Crippen molar-refractivity contribution in [3.05, 3.63) is 60.2 Å². The zero-order chi connectivity index (χ0) is 16.9. The average Bonchev–Trinajstić information content (AvgIpc) is 2.62. The molecular weight excluding hydrogens is 330 g/mol. The lowest BCUT2D eigenvalue weighted by Crippen LogP contribution is -2.49. The smallest absolute Gasteiger partial charge is 0.233 e. The topological polar surface area (TPSA) is 23.6 Å². The van der Waals surface area contributed by atoms with Crippen molar-refractivity contribution in [2.75, 3.05) is 36.8 Å². The summed E-state index contributed by atoms with van der Waals surface area (Å²) in [6, 6.07) is 12.6. The third-order valence-corrected chi connectivity index (χ3v) is 5.00. The highest BCUT2D eigenvalue weighted by atomic mass is 32.2. The number of carbonyl (C=O) groups is 1. The number of piperazine rings is 1. The molecule has 1 aliphatic rings. The molecule has 0 radical (unpaired) electrons. The highest BCUT2D eigenvalue weighted by Gasteiger charge is 2.21. The van der Waals surface area contributed by atoms with Crippen LogP contribution in [0.15, 0.2) is 53.4 Å². The molecule has 24 heavy (non-hydrogen) atoms. The maximum Gasteiger partial charge on any atom is 0.233 e. The van der Waals surface area contributed by atoms with Crippen LogP contribution in [0.4, 0.5) is 14.5 Å². The van der Waals surface area contributed by atoms with Crippen LogP contribution >= 0.6 is 11.8 Å². The lowest BCUT2D eigenvalue weighted by molar-refractivity contribution is -0.128. The van der Waals surface area contributed by atoms with Crippen molar-refractivity contribution in [3.63, 3.8) is 0 Å². The zero-order valence-corrected chi connectivity index (χ0v) is 13.9. The van der Waals surface area contributed by atoms with Crippen LogP contribution in [0.3, 0.4) is 0 Å². The summed E-state index contributed by atoms with van der Waals surface area (Å²) in [5.41, 5.74) is 0.976. The molecule has 1 amide bonds. The van der Waals surface area contributed by atoms with Gasteiger partial charge in [-0.15, -0.1) is 11.8 Å². The second-order valence-electron chi connectivity index (χ2n) is 5.59. The van der Waals surface area contributed by atoms with E-state index in [1.807, 2.05) is 4.90 Å². The lowest BCUT2D eigenvalue weighted by atomic mass is 10.2. The molecule has 3 rings (SSSR count). The first kappa shape index (κ1) is 16.8. The molecule has 1 aliphatic heterocycles. The molecular formula is C18H18F2N2OS. The van der Waals surface area contributed by atoms with Gasteiger partial charge in [0, 0.05) is 36.8 Å². The zero-order valence-electron chi connectivity index (χ0n) is 13.1. The number of carbonyl (C=O) groups excluding carboxylic acids is 1. The van der Waals surface area contributed by atoms with Crippen LogP contribution < -0.4 is 4.90 Å². The molecule has 1 saturated heterocycles. The number of hydrogen-bond acceptors (Lipinski definition) is 3. The molecule has 0 bridgehead atoms. The van der Waals surface area contributed by atoms with Gasteiger partial charge in [-0.3, -0.25) is 4.79 Å². The van der Waals surface area contributed by atoms with E-state index in [2.05, 4.69) is 4.90 Å². The van der Waals surface area contributed by atoms with Crippen molar-refractivity contribution in [3.8, 4) is 0 Å². The SMILES string of the molecule is O=C(CSc1ccc(F)cc1)N1CCN(c2ccc(F)cc2)CC1. The highest BCUT2D eigenvalue weighted by molar-refractivity contribution is 8.00. The van der Waals surface area contributed by atoms with E-state index < -0.39 is 0 Å². The molecule has 0 N–H and O–H groups in total. The van der Waals surface area contributed by atoms with E-state index >= 15 is 0 Å². The van der Waals surface area contributed by atoms with Gasteiger partial charge in [-0.05, 0) is 48.5 Å². The van der Waals surface area contributed by atoms with Crippen LogP contribution in [0.5, 0.6) is 0 Å². The minimum Gasteiger partial charge on any atom is -0.368 e. The first-order valence-corrected chi connectivity index (χ1v) is 8.77. The molecule has 1 fully saturated rings. The van der Waals surface area contributed by atoms with Gasteiger partial charge in [-0.1, -0.05) is 0 Å². The summed E-state index contributed by atoms with van der Waals surface area (Å²) in [4.78, 5) is 17.2. The summed E-state index contributed by atoms with van der Waals surface area (Å²) in [6.07, 6.45) is 0. The molecule has 6 heteroatoms. The van der Waals surface area contributed by atoms with Gasteiger partial charge in [0.2, 0.25) is 5.91 Å². The van der Waals surface area contributed by atoms with Crippen molar-refractivity contribution in [2.24, 2.45) is 0 Å². The number of hydrogen-bond donors (Lipinski definition) is 0. The molecule has 2 aromatic rings. The molecule has 0 unspecified atom stereocenters. The summed E-state index contributed by atoms with van der Waals surface area (Å²) >= 11 is 1.42. The maximum absolute atomic E-state index is 13.0. The Labute approximate surface area is 144 Å². The van der Waals surface area contributed by atoms with E-state index in [0.29, 0.717) is 18.8 Å². The minimum absolute atomic E-state index is 0.0862. The largest absolute Gasteiger partial charge is 0.368 e. The number of nitrogens with zero attached hydrogens (tertiary/aromatic N) is 2. The molecule has 2 aromatic carbocycles. The van der Waals surface area contributed by atoms with Gasteiger partial charge >= 0.3 is 0 Å². The van der Waals surface area contributed by atoms with E-state index in [1.165, 1.54) is 36.0 Å².